The highest BCUT2D eigenvalue weighted by atomic mass is 16.5. The van der Waals surface area contributed by atoms with Crippen LogP contribution in [0.1, 0.15) is 37.8 Å². The van der Waals surface area contributed by atoms with E-state index in [2.05, 4.69) is 31.2 Å². The topological polar surface area (TPSA) is 258 Å². The Balaban J connectivity index is 1.03. The molecule has 18 nitrogen and oxygen atoms in total. The fourth-order valence-electron chi connectivity index (χ4n) is 8.67. The predicted molar refractivity (Wildman–Crippen MR) is 203 cm³/mol. The number of H-pyrrole nitrogens is 2. The Bertz CT molecular complexity index is 2340. The van der Waals surface area contributed by atoms with Crippen molar-refractivity contribution in [2.24, 2.45) is 16.6 Å². The molecule has 298 valence electrons. The van der Waals surface area contributed by atoms with E-state index in [4.69, 9.17) is 10.5 Å². The second-order valence-corrected chi connectivity index (χ2v) is 15.0. The summed E-state index contributed by atoms with van der Waals surface area (Å²) < 4.78 is 4.95. The highest BCUT2D eigenvalue weighted by Gasteiger charge is 2.80. The lowest BCUT2D eigenvalue weighted by Gasteiger charge is -2.71. The summed E-state index contributed by atoms with van der Waals surface area (Å²) in [5.41, 5.74) is 6.33. The minimum Gasteiger partial charge on any atom is -0.467 e. The van der Waals surface area contributed by atoms with Crippen molar-refractivity contribution in [3.8, 4) is 0 Å². The molecule has 2 aliphatic heterocycles. The van der Waals surface area contributed by atoms with Crippen LogP contribution in [-0.2, 0) is 46.3 Å². The van der Waals surface area contributed by atoms with Gasteiger partial charge in [0, 0.05) is 66.6 Å². The third-order valence-corrected chi connectivity index (χ3v) is 11.9. The molecule has 4 heterocycles. The SMILES string of the molecule is COC(=O)C(Cc1c[nH]c2ccccc12)NC(=O)CCN1C(=O)NC(=O)[C@@]2(C)[C@@H]1[C@H]1N(CCC(=O)NC(=O)[C@@H](N)Cc3c[nH]c4ccccc34)C(=O)NC(=O)[C@]12C. The minimum absolute atomic E-state index is 0.115. The summed E-state index contributed by atoms with van der Waals surface area (Å²) in [5, 5.41) is 11.3. The van der Waals surface area contributed by atoms with Crippen LogP contribution >= 0.6 is 0 Å². The lowest BCUT2D eigenvalue weighted by Crippen LogP contribution is -2.91. The van der Waals surface area contributed by atoms with Gasteiger partial charge in [-0.2, -0.15) is 0 Å². The van der Waals surface area contributed by atoms with E-state index in [0.29, 0.717) is 0 Å². The van der Waals surface area contributed by atoms with E-state index in [1.165, 1.54) is 30.8 Å². The Morgan fingerprint density at radius 2 is 1.23 bits per heavy atom. The number of benzene rings is 2. The molecule has 2 aromatic carbocycles. The number of nitrogens with two attached hydrogens (primary N) is 1. The standard InChI is InChI=1S/C39H43N9O9/c1-38-30(47(36(55)45-34(38)53)14-12-28(49)43-27(33(52)57-3)17-21-19-42-26-11-7-5-9-23(21)26)31-39(38,2)35(54)46-37(56)48(31)15-13-29(50)44-32(51)24(40)16-20-18-41-25-10-6-4-8-22(20)25/h4-11,18-19,24,27,30-31,41-42H,12-17,40H2,1-3H3,(H,43,49)(H,44,50,51)(H,45,53,55)(H,46,54,56)/t24-,27?,30-,31+,38+,39-/m0/s1. The van der Waals surface area contributed by atoms with E-state index in [1.807, 2.05) is 48.5 Å². The largest absolute Gasteiger partial charge is 0.467 e. The van der Waals surface area contributed by atoms with E-state index in [-0.39, 0.29) is 38.8 Å². The van der Waals surface area contributed by atoms with Crippen LogP contribution in [0.2, 0.25) is 0 Å². The van der Waals surface area contributed by atoms with Gasteiger partial charge in [0.25, 0.3) is 0 Å². The predicted octanol–water partition coefficient (Wildman–Crippen LogP) is 0.710. The number of amides is 9. The number of carbonyl (C=O) groups is 8. The molecule has 9 amide bonds. The highest BCUT2D eigenvalue weighted by Crippen LogP contribution is 2.63. The van der Waals surface area contributed by atoms with Crippen LogP contribution < -0.4 is 27.0 Å². The summed E-state index contributed by atoms with van der Waals surface area (Å²) in [5.74, 6) is -4.21. The zero-order valence-electron chi connectivity index (χ0n) is 31.5. The number of rotatable bonds is 13. The summed E-state index contributed by atoms with van der Waals surface area (Å²) in [4.78, 5) is 115. The number of carbonyl (C=O) groups excluding carboxylic acids is 8. The normalized spacial score (nSPS) is 23.8. The van der Waals surface area contributed by atoms with Crippen LogP contribution in [0, 0.1) is 10.8 Å². The van der Waals surface area contributed by atoms with Gasteiger partial charge in [-0.3, -0.25) is 39.9 Å². The van der Waals surface area contributed by atoms with Crippen molar-refractivity contribution in [2.45, 2.75) is 63.7 Å². The van der Waals surface area contributed by atoms with Crippen molar-refractivity contribution in [1.82, 2.24) is 41.0 Å². The van der Waals surface area contributed by atoms with Gasteiger partial charge in [0.2, 0.25) is 29.5 Å². The van der Waals surface area contributed by atoms with Crippen molar-refractivity contribution in [3.05, 3.63) is 72.1 Å². The third kappa shape index (κ3) is 6.54. The summed E-state index contributed by atoms with van der Waals surface area (Å²) in [6, 6.07) is 8.99. The Hall–Kier alpha value is -6.56. The molecule has 2 saturated heterocycles. The Morgan fingerprint density at radius 3 is 1.74 bits per heavy atom. The number of para-hydroxylation sites is 2. The summed E-state index contributed by atoms with van der Waals surface area (Å²) in [6.45, 7) is 2.46. The van der Waals surface area contributed by atoms with Crippen LogP contribution in [-0.4, -0.2) is 112 Å². The average Bonchev–Trinajstić information content (AvgIpc) is 3.80. The molecule has 8 N–H and O–H groups in total. The van der Waals surface area contributed by atoms with Crippen LogP contribution in [0.5, 0.6) is 0 Å². The maximum Gasteiger partial charge on any atom is 0.328 e. The molecule has 0 spiro atoms. The van der Waals surface area contributed by atoms with Gasteiger partial charge < -0.3 is 35.6 Å². The molecule has 18 heteroatoms. The quantitative estimate of drug-likeness (QED) is 0.0935. The fraction of sp³-hybridized carbons (Fsp3) is 0.385. The number of methoxy groups -OCH3 is 1. The van der Waals surface area contributed by atoms with Crippen LogP contribution in [0.25, 0.3) is 21.8 Å². The number of ether oxygens (including phenoxy) is 1. The van der Waals surface area contributed by atoms with E-state index < -0.39 is 82.6 Å². The molecule has 3 fully saturated rings. The maximum atomic E-state index is 13.5. The number of nitrogens with one attached hydrogen (secondary N) is 6. The summed E-state index contributed by atoms with van der Waals surface area (Å²) in [7, 11) is 1.20. The number of imide groups is 3. The first-order valence-corrected chi connectivity index (χ1v) is 18.5. The molecule has 1 saturated carbocycles. The molecule has 7 rings (SSSR count). The molecule has 3 aliphatic rings. The van der Waals surface area contributed by atoms with Crippen molar-refractivity contribution >= 4 is 69.4 Å². The first kappa shape index (κ1) is 38.7. The van der Waals surface area contributed by atoms with Crippen molar-refractivity contribution in [3.63, 3.8) is 0 Å². The molecule has 4 aromatic rings. The number of hydrogen-bond donors (Lipinski definition) is 7. The van der Waals surface area contributed by atoms with Crippen molar-refractivity contribution in [1.29, 1.82) is 0 Å². The van der Waals surface area contributed by atoms with E-state index >= 15 is 0 Å². The minimum atomic E-state index is -1.56. The fourth-order valence-corrected chi connectivity index (χ4v) is 8.67. The number of aromatic amines is 2. The Kier molecular flexibility index (Phi) is 10.1. The molecule has 6 atom stereocenters. The van der Waals surface area contributed by atoms with Crippen LogP contribution in [0.4, 0.5) is 9.59 Å². The van der Waals surface area contributed by atoms with Crippen molar-refractivity contribution < 1.29 is 43.1 Å². The first-order valence-electron chi connectivity index (χ1n) is 18.5. The van der Waals surface area contributed by atoms with E-state index in [9.17, 15) is 38.4 Å². The van der Waals surface area contributed by atoms with Gasteiger partial charge in [0.1, 0.15) is 6.04 Å². The van der Waals surface area contributed by atoms with E-state index in [0.717, 1.165) is 32.9 Å². The van der Waals surface area contributed by atoms with Gasteiger partial charge in [-0.05, 0) is 43.5 Å². The number of urea groups is 2. The second kappa shape index (κ2) is 14.8. The number of fused-ring (bicyclic) bond motifs is 6. The van der Waals surface area contributed by atoms with Gasteiger partial charge >= 0.3 is 18.0 Å². The van der Waals surface area contributed by atoms with Crippen LogP contribution in [0.3, 0.4) is 0 Å². The van der Waals surface area contributed by atoms with Crippen LogP contribution in [0.15, 0.2) is 60.9 Å². The second-order valence-electron chi connectivity index (χ2n) is 15.0. The molecule has 57 heavy (non-hydrogen) atoms. The summed E-state index contributed by atoms with van der Waals surface area (Å²) >= 11 is 0. The Morgan fingerprint density at radius 1 is 0.754 bits per heavy atom. The number of aromatic nitrogens is 2. The number of hydrogen-bond acceptors (Lipinski definition) is 10. The average molecular weight is 782 g/mol. The monoisotopic (exact) mass is 781 g/mol. The maximum absolute atomic E-state index is 13.5. The van der Waals surface area contributed by atoms with Gasteiger partial charge in [0.05, 0.1) is 36.1 Å². The molecule has 0 radical (unpaired) electrons. The van der Waals surface area contributed by atoms with Crippen molar-refractivity contribution in [2.75, 3.05) is 20.2 Å². The van der Waals surface area contributed by atoms with Gasteiger partial charge in [-0.1, -0.05) is 36.4 Å². The molecule has 2 aromatic heterocycles. The molecule has 1 unspecified atom stereocenters. The molecule has 1 aliphatic carbocycles. The smallest absolute Gasteiger partial charge is 0.328 e. The lowest BCUT2D eigenvalue weighted by atomic mass is 9.42. The molecular formula is C39H43N9O9. The first-order chi connectivity index (χ1) is 27.2. The van der Waals surface area contributed by atoms with Gasteiger partial charge in [0.15, 0.2) is 0 Å². The van der Waals surface area contributed by atoms with Gasteiger partial charge in [-0.25, -0.2) is 14.4 Å². The lowest BCUT2D eigenvalue weighted by molar-refractivity contribution is -0.213. The molecule has 0 bridgehead atoms. The zero-order chi connectivity index (χ0) is 40.8. The Labute approximate surface area is 325 Å². The highest BCUT2D eigenvalue weighted by molar-refractivity contribution is 6.11. The third-order valence-electron chi connectivity index (χ3n) is 11.9. The number of esters is 1. The zero-order valence-corrected chi connectivity index (χ0v) is 31.5. The number of nitrogens with zero attached hydrogens (tertiary/aromatic N) is 2. The summed E-state index contributed by atoms with van der Waals surface area (Å²) in [6.07, 6.45) is 3.06. The molecular weight excluding hydrogens is 738 g/mol. The van der Waals surface area contributed by atoms with Gasteiger partial charge in [-0.15, -0.1) is 0 Å². The van der Waals surface area contributed by atoms with E-state index in [1.54, 1.807) is 12.4 Å².